The quantitative estimate of drug-likeness (QED) is 0.321. The van der Waals surface area contributed by atoms with Crippen molar-refractivity contribution in [1.82, 2.24) is 30.1 Å². The lowest BCUT2D eigenvalue weighted by molar-refractivity contribution is -0.131. The molecule has 0 saturated heterocycles. The van der Waals surface area contributed by atoms with E-state index in [4.69, 9.17) is 9.51 Å². The molecule has 1 amide bonds. The Morgan fingerprint density at radius 2 is 1.91 bits per heavy atom. The molecule has 0 fully saturated rings. The first-order chi connectivity index (χ1) is 16.3. The second-order valence-corrected chi connectivity index (χ2v) is 8.88. The number of nitrogens with one attached hydrogen (secondary N) is 2. The molecule has 3 N–H and O–H groups in total. The van der Waals surface area contributed by atoms with Crippen LogP contribution in [0.15, 0.2) is 22.7 Å². The Morgan fingerprint density at radius 1 is 1.15 bits per heavy atom. The first kappa shape index (κ1) is 23.6. The summed E-state index contributed by atoms with van der Waals surface area (Å²) in [6.07, 6.45) is 0.616. The van der Waals surface area contributed by atoms with Gasteiger partial charge in [-0.2, -0.15) is 0 Å². The molecule has 0 radical (unpaired) electrons. The number of aliphatic hydroxyl groups excluding tert-OH is 1. The Labute approximate surface area is 197 Å². The Balaban J connectivity index is 1.50. The van der Waals surface area contributed by atoms with Crippen LogP contribution in [0.25, 0.3) is 27.8 Å². The molecule has 1 aromatic carbocycles. The summed E-state index contributed by atoms with van der Waals surface area (Å²) in [5.74, 6) is 1.77. The topological polar surface area (TPSA) is 130 Å². The van der Waals surface area contributed by atoms with Crippen molar-refractivity contribution in [2.24, 2.45) is 5.92 Å². The predicted octanol–water partition coefficient (Wildman–Crippen LogP) is 3.18. The van der Waals surface area contributed by atoms with Gasteiger partial charge in [0.05, 0.1) is 16.7 Å². The molecule has 0 aliphatic heterocycles. The van der Waals surface area contributed by atoms with E-state index >= 15 is 0 Å². The largest absolute Gasteiger partial charge is 0.383 e. The van der Waals surface area contributed by atoms with E-state index < -0.39 is 6.10 Å². The maximum atomic E-state index is 11.9. The van der Waals surface area contributed by atoms with Crippen LogP contribution < -0.4 is 10.6 Å². The highest BCUT2D eigenvalue weighted by molar-refractivity contribution is 5.87. The van der Waals surface area contributed by atoms with E-state index in [1.165, 1.54) is 0 Å². The number of hydrogen-bond acceptors (Lipinski definition) is 8. The molecule has 0 saturated carbocycles. The molecule has 0 aliphatic rings. The van der Waals surface area contributed by atoms with Crippen LogP contribution in [0.5, 0.6) is 0 Å². The summed E-state index contributed by atoms with van der Waals surface area (Å²) in [7, 11) is 0. The first-order valence-corrected chi connectivity index (χ1v) is 11.6. The van der Waals surface area contributed by atoms with Crippen molar-refractivity contribution in [2.75, 3.05) is 18.4 Å². The second-order valence-electron chi connectivity index (χ2n) is 8.88. The number of hydrogen-bond donors (Lipinski definition) is 3. The number of nitrogens with zero attached hydrogens (tertiary/aromatic N) is 5. The minimum atomic E-state index is -0.973. The van der Waals surface area contributed by atoms with Gasteiger partial charge >= 0.3 is 0 Å². The SMILES string of the molecule is Cc1noc(C)c1-c1ccc2c(c1)nc(NCCCCNC(=O)[C@H](O)C(C)C)c1nnc(C)n12. The zero-order chi connectivity index (χ0) is 24.4. The van der Waals surface area contributed by atoms with Gasteiger partial charge < -0.3 is 20.3 Å². The summed E-state index contributed by atoms with van der Waals surface area (Å²) in [6.45, 7) is 10.5. The van der Waals surface area contributed by atoms with Crippen molar-refractivity contribution < 1.29 is 14.4 Å². The third-order valence-corrected chi connectivity index (χ3v) is 5.90. The first-order valence-electron chi connectivity index (χ1n) is 11.6. The van der Waals surface area contributed by atoms with Gasteiger partial charge in [0.15, 0.2) is 5.82 Å². The van der Waals surface area contributed by atoms with E-state index in [0.717, 1.165) is 52.3 Å². The average molecular weight is 466 g/mol. The fourth-order valence-electron chi connectivity index (χ4n) is 4.02. The van der Waals surface area contributed by atoms with Gasteiger partial charge in [-0.15, -0.1) is 10.2 Å². The number of carbonyl (C=O) groups is 1. The van der Waals surface area contributed by atoms with Crippen LogP contribution in [0.4, 0.5) is 5.82 Å². The highest BCUT2D eigenvalue weighted by atomic mass is 16.5. The summed E-state index contributed by atoms with van der Waals surface area (Å²) in [6, 6.07) is 6.08. The Hall–Kier alpha value is -3.53. The number of aryl methyl sites for hydroxylation is 3. The van der Waals surface area contributed by atoms with Gasteiger partial charge in [0.1, 0.15) is 17.7 Å². The van der Waals surface area contributed by atoms with Gasteiger partial charge in [-0.25, -0.2) is 4.98 Å². The fourth-order valence-corrected chi connectivity index (χ4v) is 4.02. The highest BCUT2D eigenvalue weighted by Gasteiger charge is 2.18. The molecule has 1 atom stereocenters. The molecule has 34 heavy (non-hydrogen) atoms. The summed E-state index contributed by atoms with van der Waals surface area (Å²) in [4.78, 5) is 16.7. The van der Waals surface area contributed by atoms with Crippen molar-refractivity contribution in [2.45, 2.75) is 53.6 Å². The van der Waals surface area contributed by atoms with Gasteiger partial charge in [0.2, 0.25) is 11.6 Å². The van der Waals surface area contributed by atoms with Crippen LogP contribution >= 0.6 is 0 Å². The number of rotatable bonds is 9. The predicted molar refractivity (Wildman–Crippen MR) is 130 cm³/mol. The number of amides is 1. The number of aliphatic hydroxyl groups is 1. The molecule has 0 aliphatic carbocycles. The van der Waals surface area contributed by atoms with Gasteiger partial charge in [0, 0.05) is 18.7 Å². The van der Waals surface area contributed by atoms with E-state index in [1.54, 1.807) is 0 Å². The van der Waals surface area contributed by atoms with E-state index in [0.29, 0.717) is 24.6 Å². The molecule has 3 heterocycles. The summed E-state index contributed by atoms with van der Waals surface area (Å²) >= 11 is 0. The number of carbonyl (C=O) groups excluding carboxylic acids is 1. The number of fused-ring (bicyclic) bond motifs is 3. The van der Waals surface area contributed by atoms with Gasteiger partial charge in [-0.05, 0) is 57.2 Å². The normalized spacial score (nSPS) is 12.6. The molecule has 10 nitrogen and oxygen atoms in total. The van der Waals surface area contributed by atoms with Gasteiger partial charge in [0.25, 0.3) is 0 Å². The fraction of sp³-hybridized carbons (Fsp3) is 0.458. The lowest BCUT2D eigenvalue weighted by atomic mass is 10.0. The second kappa shape index (κ2) is 9.76. The number of aromatic nitrogens is 5. The number of anilines is 1. The zero-order valence-corrected chi connectivity index (χ0v) is 20.2. The maximum absolute atomic E-state index is 11.9. The average Bonchev–Trinajstić information content (AvgIpc) is 3.36. The monoisotopic (exact) mass is 465 g/mol. The van der Waals surface area contributed by atoms with Crippen LogP contribution in [-0.2, 0) is 4.79 Å². The summed E-state index contributed by atoms with van der Waals surface area (Å²) < 4.78 is 7.33. The molecule has 0 bridgehead atoms. The molecular formula is C24H31N7O3. The molecular weight excluding hydrogens is 434 g/mol. The third-order valence-electron chi connectivity index (χ3n) is 5.90. The van der Waals surface area contributed by atoms with Gasteiger partial charge in [-0.1, -0.05) is 25.1 Å². The van der Waals surface area contributed by atoms with E-state index in [1.807, 2.05) is 57.2 Å². The van der Waals surface area contributed by atoms with Crippen molar-refractivity contribution >= 4 is 28.4 Å². The van der Waals surface area contributed by atoms with Crippen molar-refractivity contribution in [3.05, 3.63) is 35.5 Å². The molecule has 180 valence electrons. The molecule has 4 rings (SSSR count). The van der Waals surface area contributed by atoms with Crippen molar-refractivity contribution in [3.8, 4) is 11.1 Å². The molecule has 3 aromatic heterocycles. The lowest BCUT2D eigenvalue weighted by Gasteiger charge is -2.14. The van der Waals surface area contributed by atoms with Crippen molar-refractivity contribution in [3.63, 3.8) is 0 Å². The van der Waals surface area contributed by atoms with Crippen LogP contribution in [0.2, 0.25) is 0 Å². The number of benzene rings is 1. The van der Waals surface area contributed by atoms with Crippen LogP contribution in [0.3, 0.4) is 0 Å². The minimum absolute atomic E-state index is 0.104. The Bertz CT molecular complexity index is 1310. The lowest BCUT2D eigenvalue weighted by Crippen LogP contribution is -2.38. The van der Waals surface area contributed by atoms with E-state index in [9.17, 15) is 9.90 Å². The zero-order valence-electron chi connectivity index (χ0n) is 20.2. The minimum Gasteiger partial charge on any atom is -0.383 e. The van der Waals surface area contributed by atoms with E-state index in [-0.39, 0.29) is 11.8 Å². The summed E-state index contributed by atoms with van der Waals surface area (Å²) in [5, 5.41) is 28.6. The highest BCUT2D eigenvalue weighted by Crippen LogP contribution is 2.30. The van der Waals surface area contributed by atoms with Crippen LogP contribution in [0, 0.1) is 26.7 Å². The Kier molecular flexibility index (Phi) is 6.78. The maximum Gasteiger partial charge on any atom is 0.249 e. The number of unbranched alkanes of at least 4 members (excludes halogenated alkanes) is 1. The molecule has 0 unspecified atom stereocenters. The van der Waals surface area contributed by atoms with Crippen LogP contribution in [-0.4, -0.2) is 54.9 Å². The third kappa shape index (κ3) is 4.58. The molecule has 0 spiro atoms. The van der Waals surface area contributed by atoms with E-state index in [2.05, 4.69) is 26.0 Å². The van der Waals surface area contributed by atoms with Crippen LogP contribution in [0.1, 0.15) is 44.0 Å². The standard InChI is InChI=1S/C24H31N7O3/c1-13(2)21(32)24(33)26-11-7-6-10-25-22-23-29-28-16(5)31(23)19-9-8-17(12-18(19)27-22)20-14(3)30-34-15(20)4/h8-9,12-13,21,32H,6-7,10-11H2,1-5H3,(H,25,27)(H,26,33)/t21-/m1/s1. The van der Waals surface area contributed by atoms with Crippen molar-refractivity contribution in [1.29, 1.82) is 0 Å². The molecule has 10 heteroatoms. The Morgan fingerprint density at radius 3 is 2.62 bits per heavy atom. The summed E-state index contributed by atoms with van der Waals surface area (Å²) in [5.41, 5.74) is 5.21. The molecule has 4 aromatic rings. The van der Waals surface area contributed by atoms with Gasteiger partial charge in [-0.3, -0.25) is 9.20 Å². The smallest absolute Gasteiger partial charge is 0.249 e.